The van der Waals surface area contributed by atoms with Crippen molar-refractivity contribution in [2.75, 3.05) is 7.11 Å². The molecular formula is C10H10N2O2. The van der Waals surface area contributed by atoms with E-state index in [1.165, 1.54) is 7.11 Å². The molecule has 0 spiro atoms. The fraction of sp³-hybridized carbons (Fsp3) is 0.200. The van der Waals surface area contributed by atoms with Crippen molar-refractivity contribution >= 4 is 17.0 Å². The van der Waals surface area contributed by atoms with Crippen LogP contribution in [0.25, 0.3) is 11.0 Å². The second kappa shape index (κ2) is 3.14. The smallest absolute Gasteiger partial charge is 0.356 e. The Morgan fingerprint density at radius 2 is 2.21 bits per heavy atom. The van der Waals surface area contributed by atoms with Gasteiger partial charge in [-0.25, -0.2) is 9.78 Å². The normalized spacial score (nSPS) is 10.4. The van der Waals surface area contributed by atoms with E-state index in [0.717, 1.165) is 11.0 Å². The van der Waals surface area contributed by atoms with Crippen molar-refractivity contribution in [1.29, 1.82) is 0 Å². The summed E-state index contributed by atoms with van der Waals surface area (Å²) in [7, 11) is 3.28. The number of aromatic nitrogens is 2. The summed E-state index contributed by atoms with van der Waals surface area (Å²) in [5, 5.41) is 0. The molecule has 0 aliphatic rings. The van der Waals surface area contributed by atoms with Gasteiger partial charge in [0.25, 0.3) is 0 Å². The lowest BCUT2D eigenvalue weighted by Gasteiger charge is -1.99. The first kappa shape index (κ1) is 8.74. The predicted octanol–water partition coefficient (Wildman–Crippen LogP) is 1.36. The van der Waals surface area contributed by atoms with Crippen LogP contribution in [0.3, 0.4) is 0 Å². The van der Waals surface area contributed by atoms with Gasteiger partial charge in [-0.1, -0.05) is 0 Å². The molecule has 0 fully saturated rings. The van der Waals surface area contributed by atoms with Crippen LogP contribution in [0.1, 0.15) is 10.5 Å². The lowest BCUT2D eigenvalue weighted by atomic mass is 10.3. The first-order valence-corrected chi connectivity index (χ1v) is 4.23. The summed E-state index contributed by atoms with van der Waals surface area (Å²) in [5.41, 5.74) is 2.14. The van der Waals surface area contributed by atoms with E-state index in [0.29, 0.717) is 5.69 Å². The molecule has 0 saturated heterocycles. The molecule has 4 nitrogen and oxygen atoms in total. The molecule has 14 heavy (non-hydrogen) atoms. The molecule has 0 aromatic carbocycles. The highest BCUT2D eigenvalue weighted by molar-refractivity contribution is 5.90. The molecule has 0 N–H and O–H groups in total. The zero-order valence-corrected chi connectivity index (χ0v) is 8.02. The Hall–Kier alpha value is -1.84. The van der Waals surface area contributed by atoms with Gasteiger partial charge in [-0.05, 0) is 18.2 Å². The van der Waals surface area contributed by atoms with Crippen molar-refractivity contribution in [3.63, 3.8) is 0 Å². The highest BCUT2D eigenvalue weighted by Crippen LogP contribution is 2.13. The second-order valence-electron chi connectivity index (χ2n) is 3.02. The highest BCUT2D eigenvalue weighted by atomic mass is 16.5. The maximum Gasteiger partial charge on any atom is 0.356 e. The van der Waals surface area contributed by atoms with Gasteiger partial charge < -0.3 is 9.30 Å². The fourth-order valence-electron chi connectivity index (χ4n) is 1.37. The average molecular weight is 190 g/mol. The summed E-state index contributed by atoms with van der Waals surface area (Å²) < 4.78 is 6.53. The van der Waals surface area contributed by atoms with Gasteiger partial charge in [0.2, 0.25) is 0 Å². The summed E-state index contributed by atoms with van der Waals surface area (Å²) >= 11 is 0. The first-order valence-electron chi connectivity index (χ1n) is 4.23. The predicted molar refractivity (Wildman–Crippen MR) is 52.1 cm³/mol. The standard InChI is InChI=1S/C10H10N2O2/c1-12-6-5-7-9(12)4-3-8(11-7)10(13)14-2/h3-6H,1-2H3. The molecule has 0 atom stereocenters. The van der Waals surface area contributed by atoms with Gasteiger partial charge in [0.15, 0.2) is 0 Å². The minimum atomic E-state index is -0.407. The zero-order valence-electron chi connectivity index (χ0n) is 8.02. The molecule has 0 unspecified atom stereocenters. The molecule has 0 aliphatic carbocycles. The Bertz CT molecular complexity index is 488. The topological polar surface area (TPSA) is 44.1 Å². The lowest BCUT2D eigenvalue weighted by Crippen LogP contribution is -2.03. The molecule has 2 aromatic rings. The number of methoxy groups -OCH3 is 1. The van der Waals surface area contributed by atoms with E-state index in [2.05, 4.69) is 9.72 Å². The minimum absolute atomic E-state index is 0.339. The Kier molecular flexibility index (Phi) is 1.96. The maximum atomic E-state index is 11.2. The largest absolute Gasteiger partial charge is 0.464 e. The zero-order chi connectivity index (χ0) is 10.1. The molecule has 72 valence electrons. The van der Waals surface area contributed by atoms with E-state index in [1.54, 1.807) is 6.07 Å². The Balaban J connectivity index is 2.57. The monoisotopic (exact) mass is 190 g/mol. The molecule has 2 aromatic heterocycles. The van der Waals surface area contributed by atoms with E-state index in [1.807, 2.05) is 29.9 Å². The van der Waals surface area contributed by atoms with Crippen molar-refractivity contribution in [3.05, 3.63) is 30.1 Å². The molecule has 2 rings (SSSR count). The average Bonchev–Trinajstić information content (AvgIpc) is 2.59. The van der Waals surface area contributed by atoms with E-state index in [9.17, 15) is 4.79 Å². The van der Waals surface area contributed by atoms with E-state index < -0.39 is 5.97 Å². The van der Waals surface area contributed by atoms with Crippen LogP contribution in [0.4, 0.5) is 0 Å². The quantitative estimate of drug-likeness (QED) is 0.638. The third kappa shape index (κ3) is 1.25. The van der Waals surface area contributed by atoms with E-state index in [4.69, 9.17) is 0 Å². The number of aryl methyl sites for hydroxylation is 1. The van der Waals surface area contributed by atoms with Crippen molar-refractivity contribution in [1.82, 2.24) is 9.55 Å². The van der Waals surface area contributed by atoms with Gasteiger partial charge in [0.1, 0.15) is 5.69 Å². The van der Waals surface area contributed by atoms with Crippen LogP contribution in [0.2, 0.25) is 0 Å². The molecule has 0 amide bonds. The third-order valence-corrected chi connectivity index (χ3v) is 2.13. The first-order chi connectivity index (χ1) is 6.72. The molecule has 0 radical (unpaired) electrons. The minimum Gasteiger partial charge on any atom is -0.464 e. The van der Waals surface area contributed by atoms with Crippen molar-refractivity contribution < 1.29 is 9.53 Å². The van der Waals surface area contributed by atoms with Crippen molar-refractivity contribution in [2.24, 2.45) is 7.05 Å². The van der Waals surface area contributed by atoms with Gasteiger partial charge in [-0.3, -0.25) is 0 Å². The van der Waals surface area contributed by atoms with Gasteiger partial charge in [0, 0.05) is 13.2 Å². The Morgan fingerprint density at radius 3 is 2.93 bits per heavy atom. The van der Waals surface area contributed by atoms with Crippen LogP contribution < -0.4 is 0 Å². The highest BCUT2D eigenvalue weighted by Gasteiger charge is 2.08. The van der Waals surface area contributed by atoms with Crippen LogP contribution in [0.5, 0.6) is 0 Å². The number of ether oxygens (including phenoxy) is 1. The number of esters is 1. The molecule has 0 bridgehead atoms. The van der Waals surface area contributed by atoms with Gasteiger partial charge in [-0.15, -0.1) is 0 Å². The number of pyridine rings is 1. The van der Waals surface area contributed by atoms with Crippen LogP contribution in [-0.4, -0.2) is 22.6 Å². The molecule has 0 aliphatic heterocycles. The SMILES string of the molecule is COC(=O)c1ccc2c(ccn2C)n1. The number of hydrogen-bond donors (Lipinski definition) is 0. The third-order valence-electron chi connectivity index (χ3n) is 2.13. The van der Waals surface area contributed by atoms with Crippen molar-refractivity contribution in [2.45, 2.75) is 0 Å². The molecular weight excluding hydrogens is 180 g/mol. The number of fused-ring (bicyclic) bond motifs is 1. The Morgan fingerprint density at radius 1 is 1.43 bits per heavy atom. The van der Waals surface area contributed by atoms with Gasteiger partial charge in [-0.2, -0.15) is 0 Å². The molecule has 4 heteroatoms. The fourth-order valence-corrected chi connectivity index (χ4v) is 1.37. The van der Waals surface area contributed by atoms with E-state index in [-0.39, 0.29) is 0 Å². The number of carbonyl (C=O) groups excluding carboxylic acids is 1. The van der Waals surface area contributed by atoms with Crippen molar-refractivity contribution in [3.8, 4) is 0 Å². The summed E-state index contributed by atoms with van der Waals surface area (Å²) in [6, 6.07) is 5.38. The summed E-state index contributed by atoms with van der Waals surface area (Å²) in [6.07, 6.45) is 1.90. The summed E-state index contributed by atoms with van der Waals surface area (Å²) in [5.74, 6) is -0.407. The Labute approximate surface area is 81.1 Å². The number of rotatable bonds is 1. The van der Waals surface area contributed by atoms with E-state index >= 15 is 0 Å². The van der Waals surface area contributed by atoms with Gasteiger partial charge >= 0.3 is 5.97 Å². The second-order valence-corrected chi connectivity index (χ2v) is 3.02. The summed E-state index contributed by atoms with van der Waals surface area (Å²) in [6.45, 7) is 0. The van der Waals surface area contributed by atoms with Gasteiger partial charge in [0.05, 0.1) is 18.1 Å². The maximum absolute atomic E-state index is 11.2. The summed E-state index contributed by atoms with van der Waals surface area (Å²) in [4.78, 5) is 15.3. The molecule has 0 saturated carbocycles. The van der Waals surface area contributed by atoms with Crippen LogP contribution >= 0.6 is 0 Å². The van der Waals surface area contributed by atoms with Crippen LogP contribution in [0, 0.1) is 0 Å². The number of hydrogen-bond acceptors (Lipinski definition) is 3. The molecule has 2 heterocycles. The number of carbonyl (C=O) groups is 1. The van der Waals surface area contributed by atoms with Crippen LogP contribution in [-0.2, 0) is 11.8 Å². The van der Waals surface area contributed by atoms with Crippen LogP contribution in [0.15, 0.2) is 24.4 Å². The lowest BCUT2D eigenvalue weighted by molar-refractivity contribution is 0.0594. The number of nitrogens with zero attached hydrogens (tertiary/aromatic N) is 2.